The first-order chi connectivity index (χ1) is 13.2. The van der Waals surface area contributed by atoms with Crippen LogP contribution < -0.4 is 4.74 Å². The number of amides is 1. The summed E-state index contributed by atoms with van der Waals surface area (Å²) >= 11 is 0. The van der Waals surface area contributed by atoms with E-state index < -0.39 is 11.4 Å². The van der Waals surface area contributed by atoms with Gasteiger partial charge in [-0.3, -0.25) is 9.69 Å². The largest absolute Gasteiger partial charge is 0.494 e. The van der Waals surface area contributed by atoms with Crippen molar-refractivity contribution in [1.82, 2.24) is 4.90 Å². The second-order valence-corrected chi connectivity index (χ2v) is 8.34. The number of hydrogen-bond acceptors (Lipinski definition) is 5. The van der Waals surface area contributed by atoms with Crippen LogP contribution in [0.25, 0.3) is 0 Å². The number of rotatable bonds is 4. The van der Waals surface area contributed by atoms with E-state index in [1.54, 1.807) is 11.0 Å². The molecule has 2 aliphatic rings. The quantitative estimate of drug-likeness (QED) is 0.728. The maximum atomic E-state index is 14.4. The number of carbonyl (C=O) groups is 2. The van der Waals surface area contributed by atoms with Gasteiger partial charge in [0.25, 0.3) is 0 Å². The van der Waals surface area contributed by atoms with Gasteiger partial charge in [0.1, 0.15) is 17.2 Å². The van der Waals surface area contributed by atoms with Crippen LogP contribution in [0.5, 0.6) is 5.75 Å². The highest BCUT2D eigenvalue weighted by atomic mass is 19.1. The Kier molecular flexibility index (Phi) is 5.93. The van der Waals surface area contributed by atoms with Crippen molar-refractivity contribution < 1.29 is 28.2 Å². The summed E-state index contributed by atoms with van der Waals surface area (Å²) in [6.45, 7) is 8.42. The molecule has 2 saturated heterocycles. The highest BCUT2D eigenvalue weighted by Crippen LogP contribution is 2.35. The highest BCUT2D eigenvalue weighted by Gasteiger charge is 2.45. The van der Waals surface area contributed by atoms with Crippen LogP contribution in [0.1, 0.15) is 50.9 Å². The molecule has 0 N–H and O–H groups in total. The number of piperidine rings is 1. The molecule has 1 aromatic rings. The number of hydrogen-bond donors (Lipinski definition) is 0. The van der Waals surface area contributed by atoms with Crippen LogP contribution in [-0.4, -0.2) is 54.3 Å². The Hall–Kier alpha value is -2.15. The fourth-order valence-electron chi connectivity index (χ4n) is 3.91. The average Bonchev–Trinajstić information content (AvgIpc) is 2.59. The van der Waals surface area contributed by atoms with Crippen LogP contribution in [0.2, 0.25) is 0 Å². The summed E-state index contributed by atoms with van der Waals surface area (Å²) in [6, 6.07) is 3.84. The van der Waals surface area contributed by atoms with Crippen molar-refractivity contribution in [3.8, 4) is 5.75 Å². The van der Waals surface area contributed by atoms with Gasteiger partial charge in [-0.15, -0.1) is 0 Å². The number of morpholine rings is 1. The van der Waals surface area contributed by atoms with Crippen LogP contribution in [0.4, 0.5) is 9.18 Å². The van der Waals surface area contributed by atoms with E-state index in [9.17, 15) is 14.0 Å². The monoisotopic (exact) mass is 393 g/mol. The van der Waals surface area contributed by atoms with E-state index in [0.29, 0.717) is 38.4 Å². The second-order valence-electron chi connectivity index (χ2n) is 8.34. The third-order valence-corrected chi connectivity index (χ3v) is 5.01. The number of fused-ring (bicyclic) bond motifs is 2. The van der Waals surface area contributed by atoms with E-state index in [4.69, 9.17) is 14.2 Å². The summed E-state index contributed by atoms with van der Waals surface area (Å²) in [5, 5.41) is 0. The van der Waals surface area contributed by atoms with Gasteiger partial charge in [0.05, 0.1) is 37.5 Å². The normalized spacial score (nSPS) is 24.6. The number of ketones is 1. The first-order valence-electron chi connectivity index (χ1n) is 9.75. The molecule has 7 heteroatoms. The van der Waals surface area contributed by atoms with Crippen LogP contribution in [0, 0.1) is 11.7 Å². The molecule has 0 radical (unpaired) electrons. The summed E-state index contributed by atoms with van der Waals surface area (Å²) in [7, 11) is 0. The Morgan fingerprint density at radius 3 is 2.39 bits per heavy atom. The Morgan fingerprint density at radius 1 is 1.21 bits per heavy atom. The second kappa shape index (κ2) is 8.07. The first kappa shape index (κ1) is 20.6. The zero-order valence-corrected chi connectivity index (χ0v) is 16.9. The summed E-state index contributed by atoms with van der Waals surface area (Å²) < 4.78 is 30.8. The lowest BCUT2D eigenvalue weighted by Gasteiger charge is -2.47. The minimum atomic E-state index is -0.593. The maximum Gasteiger partial charge on any atom is 0.410 e. The molecule has 2 aliphatic heterocycles. The minimum Gasteiger partial charge on any atom is -0.494 e. The number of benzene rings is 1. The molecule has 2 fully saturated rings. The van der Waals surface area contributed by atoms with Gasteiger partial charge in [-0.25, -0.2) is 9.18 Å². The smallest absolute Gasteiger partial charge is 0.410 e. The summed E-state index contributed by atoms with van der Waals surface area (Å²) in [4.78, 5) is 27.3. The molecule has 0 saturated carbocycles. The molecule has 1 aromatic carbocycles. The number of ether oxygens (including phenoxy) is 3. The lowest BCUT2D eigenvalue weighted by atomic mass is 9.80. The molecule has 2 atom stereocenters. The lowest BCUT2D eigenvalue weighted by molar-refractivity contribution is -0.0861. The Balaban J connectivity index is 1.74. The van der Waals surface area contributed by atoms with Gasteiger partial charge in [-0.2, -0.15) is 0 Å². The topological polar surface area (TPSA) is 65.1 Å². The van der Waals surface area contributed by atoms with E-state index in [0.717, 1.165) is 0 Å². The van der Waals surface area contributed by atoms with Crippen molar-refractivity contribution in [2.45, 2.75) is 58.2 Å². The van der Waals surface area contributed by atoms with Crippen LogP contribution in [0.3, 0.4) is 0 Å². The highest BCUT2D eigenvalue weighted by molar-refractivity contribution is 5.98. The van der Waals surface area contributed by atoms with Gasteiger partial charge in [0, 0.05) is 12.0 Å². The van der Waals surface area contributed by atoms with Gasteiger partial charge in [0.2, 0.25) is 0 Å². The fraction of sp³-hybridized carbons (Fsp3) is 0.619. The molecule has 154 valence electrons. The van der Waals surface area contributed by atoms with E-state index in [1.807, 2.05) is 27.7 Å². The van der Waals surface area contributed by atoms with Crippen LogP contribution in [-0.2, 0) is 9.47 Å². The molecule has 0 spiro atoms. The number of nitrogens with zero attached hydrogens (tertiary/aromatic N) is 1. The summed E-state index contributed by atoms with van der Waals surface area (Å²) in [5.74, 6) is -0.764. The van der Waals surface area contributed by atoms with Crippen molar-refractivity contribution in [2.75, 3.05) is 19.8 Å². The van der Waals surface area contributed by atoms with Crippen molar-refractivity contribution in [3.63, 3.8) is 0 Å². The molecule has 28 heavy (non-hydrogen) atoms. The molecule has 6 nitrogen and oxygen atoms in total. The van der Waals surface area contributed by atoms with E-state index in [2.05, 4.69) is 0 Å². The van der Waals surface area contributed by atoms with Gasteiger partial charge >= 0.3 is 6.09 Å². The first-order valence-corrected chi connectivity index (χ1v) is 9.75. The molecule has 2 bridgehead atoms. The van der Waals surface area contributed by atoms with Crippen molar-refractivity contribution in [3.05, 3.63) is 29.6 Å². The zero-order valence-electron chi connectivity index (χ0n) is 16.9. The minimum absolute atomic E-state index is 0.0677. The molecular formula is C21H28FNO5. The molecule has 2 heterocycles. The molecule has 2 unspecified atom stereocenters. The molecule has 3 rings (SSSR count). The standard InChI is InChI=1S/C21H28FNO5/c1-5-27-16-6-7-17(18(22)10-16)19(24)13-8-14-11-26-12-15(9-13)23(14)20(25)28-21(2,3)4/h6-7,10,13-15H,5,8-9,11-12H2,1-4H3. The fourth-order valence-corrected chi connectivity index (χ4v) is 3.91. The molecule has 0 aromatic heterocycles. The summed E-state index contributed by atoms with van der Waals surface area (Å²) in [5.41, 5.74) is -0.525. The predicted molar refractivity (Wildman–Crippen MR) is 101 cm³/mol. The van der Waals surface area contributed by atoms with Crippen molar-refractivity contribution in [2.24, 2.45) is 5.92 Å². The SMILES string of the molecule is CCOc1ccc(C(=O)C2CC3COCC(C2)N3C(=O)OC(C)(C)C)c(F)c1. The number of carbonyl (C=O) groups excluding carboxylic acids is 2. The Labute approximate surface area is 164 Å². The third kappa shape index (κ3) is 4.46. The molecule has 1 amide bonds. The van der Waals surface area contributed by atoms with Crippen LogP contribution >= 0.6 is 0 Å². The lowest BCUT2D eigenvalue weighted by Crippen LogP contribution is -2.60. The van der Waals surface area contributed by atoms with E-state index >= 15 is 0 Å². The number of halogens is 1. The predicted octanol–water partition coefficient (Wildman–Crippen LogP) is 3.82. The molecule has 0 aliphatic carbocycles. The van der Waals surface area contributed by atoms with Crippen molar-refractivity contribution in [1.29, 1.82) is 0 Å². The van der Waals surface area contributed by atoms with Gasteiger partial charge in [0.15, 0.2) is 5.78 Å². The zero-order chi connectivity index (χ0) is 20.5. The van der Waals surface area contributed by atoms with Crippen molar-refractivity contribution >= 4 is 11.9 Å². The Morgan fingerprint density at radius 2 is 1.86 bits per heavy atom. The van der Waals surface area contributed by atoms with Crippen LogP contribution in [0.15, 0.2) is 18.2 Å². The van der Waals surface area contributed by atoms with E-state index in [-0.39, 0.29) is 35.4 Å². The average molecular weight is 393 g/mol. The third-order valence-electron chi connectivity index (χ3n) is 5.01. The Bertz CT molecular complexity index is 731. The van der Waals surface area contributed by atoms with Gasteiger partial charge < -0.3 is 14.2 Å². The van der Waals surface area contributed by atoms with E-state index in [1.165, 1.54) is 12.1 Å². The summed E-state index contributed by atoms with van der Waals surface area (Å²) in [6.07, 6.45) is 0.478. The molecular weight excluding hydrogens is 365 g/mol. The number of Topliss-reactive ketones (excluding diaryl/α,β-unsaturated/α-hetero) is 1. The van der Waals surface area contributed by atoms with Gasteiger partial charge in [-0.05, 0) is 52.7 Å². The van der Waals surface area contributed by atoms with Gasteiger partial charge in [-0.1, -0.05) is 0 Å². The maximum absolute atomic E-state index is 14.4.